The molecule has 300 valence electrons. The molecule has 0 fully saturated rings. The minimum absolute atomic E-state index is 0.0402. The molecule has 0 saturated carbocycles. The van der Waals surface area contributed by atoms with Crippen LogP contribution in [-0.4, -0.2) is 38.1 Å². The molecule has 0 unspecified atom stereocenters. The molecule has 0 saturated heterocycles. The summed E-state index contributed by atoms with van der Waals surface area (Å²) >= 11 is 0. The minimum Gasteiger partial charge on any atom is -0.492 e. The maximum absolute atomic E-state index is 13.7. The Bertz CT molecular complexity index is 2470. The highest BCUT2D eigenvalue weighted by molar-refractivity contribution is 6.08. The zero-order valence-electron chi connectivity index (χ0n) is 32.8. The average Bonchev–Trinajstić information content (AvgIpc) is 3.70. The molecule has 2 aliphatic carbocycles. The van der Waals surface area contributed by atoms with Crippen LogP contribution in [0.25, 0.3) is 22.5 Å². The molecule has 58 heavy (non-hydrogen) atoms. The van der Waals surface area contributed by atoms with Crippen LogP contribution in [0.1, 0.15) is 85.1 Å². The van der Waals surface area contributed by atoms with E-state index in [-0.39, 0.29) is 28.1 Å². The van der Waals surface area contributed by atoms with E-state index < -0.39 is 17.6 Å². The molecular formula is C45H44F4N6O3. The molecule has 0 radical (unpaired) electrons. The Hall–Kier alpha value is -6.24. The van der Waals surface area contributed by atoms with Gasteiger partial charge in [0.25, 0.3) is 0 Å². The third-order valence-electron chi connectivity index (χ3n) is 10.2. The van der Waals surface area contributed by atoms with E-state index in [9.17, 15) is 27.2 Å². The predicted molar refractivity (Wildman–Crippen MR) is 216 cm³/mol. The normalized spacial score (nSPS) is 15.5. The fourth-order valence-electron chi connectivity index (χ4n) is 7.78. The number of halogens is 4. The lowest BCUT2D eigenvalue weighted by atomic mass is 9.76. The Labute approximate surface area is 333 Å². The quantitative estimate of drug-likeness (QED) is 0.113. The monoisotopic (exact) mass is 792 g/mol. The molecular weight excluding hydrogens is 749 g/mol. The molecule has 9 nitrogen and oxygen atoms in total. The summed E-state index contributed by atoms with van der Waals surface area (Å²) in [4.78, 5) is 40.9. The van der Waals surface area contributed by atoms with E-state index in [4.69, 9.17) is 4.74 Å². The number of H-pyrrole nitrogens is 2. The van der Waals surface area contributed by atoms with Crippen LogP contribution in [0.2, 0.25) is 0 Å². The van der Waals surface area contributed by atoms with Crippen molar-refractivity contribution in [3.8, 4) is 28.3 Å². The van der Waals surface area contributed by atoms with Gasteiger partial charge in [-0.25, -0.2) is 4.39 Å². The van der Waals surface area contributed by atoms with Gasteiger partial charge in [-0.3, -0.25) is 19.6 Å². The highest BCUT2D eigenvalue weighted by Gasteiger charge is 2.38. The number of pyridine rings is 2. The van der Waals surface area contributed by atoms with Gasteiger partial charge in [-0.1, -0.05) is 39.8 Å². The summed E-state index contributed by atoms with van der Waals surface area (Å²) in [5.41, 5.74) is 6.54. The van der Waals surface area contributed by atoms with Gasteiger partial charge in [-0.2, -0.15) is 13.2 Å². The lowest BCUT2D eigenvalue weighted by Crippen LogP contribution is -2.26. The van der Waals surface area contributed by atoms with Gasteiger partial charge < -0.3 is 25.3 Å². The van der Waals surface area contributed by atoms with Crippen molar-refractivity contribution in [2.24, 2.45) is 10.8 Å². The number of benzene rings is 2. The summed E-state index contributed by atoms with van der Waals surface area (Å²) in [7, 11) is 0. The van der Waals surface area contributed by atoms with Gasteiger partial charge in [0.15, 0.2) is 11.6 Å². The molecule has 0 amide bonds. The molecule has 0 aliphatic heterocycles. The molecule has 4 heterocycles. The first-order valence-electron chi connectivity index (χ1n) is 19.0. The van der Waals surface area contributed by atoms with Gasteiger partial charge in [0.1, 0.15) is 11.6 Å². The Morgan fingerprint density at radius 2 is 1.21 bits per heavy atom. The minimum atomic E-state index is -4.83. The van der Waals surface area contributed by atoms with Crippen molar-refractivity contribution in [3.05, 3.63) is 125 Å². The number of carbonyl (C=O) groups excluding carboxylic acids is 2. The lowest BCUT2D eigenvalue weighted by Gasteiger charge is -2.28. The molecule has 2 aromatic carbocycles. The fourth-order valence-corrected chi connectivity index (χ4v) is 7.78. The van der Waals surface area contributed by atoms with Crippen LogP contribution < -0.4 is 15.4 Å². The second-order valence-electron chi connectivity index (χ2n) is 16.2. The summed E-state index contributed by atoms with van der Waals surface area (Å²) in [6.07, 6.45) is 4.18. The number of rotatable bonds is 8. The first kappa shape index (κ1) is 40.0. The van der Waals surface area contributed by atoms with E-state index in [0.29, 0.717) is 48.9 Å². The number of aromatic nitrogens is 4. The maximum atomic E-state index is 13.7. The van der Waals surface area contributed by atoms with Gasteiger partial charge >= 0.3 is 6.18 Å². The van der Waals surface area contributed by atoms with Gasteiger partial charge in [0, 0.05) is 65.8 Å². The Kier molecular flexibility index (Phi) is 10.8. The molecule has 4 aromatic heterocycles. The maximum Gasteiger partial charge on any atom is 0.419 e. The van der Waals surface area contributed by atoms with E-state index in [2.05, 4.69) is 44.4 Å². The molecule has 0 bridgehead atoms. The Morgan fingerprint density at radius 3 is 1.71 bits per heavy atom. The van der Waals surface area contributed by atoms with Gasteiger partial charge in [0.05, 0.1) is 51.7 Å². The third-order valence-corrected chi connectivity index (χ3v) is 10.2. The average molecular weight is 793 g/mol. The smallest absolute Gasteiger partial charge is 0.419 e. The first-order valence-corrected chi connectivity index (χ1v) is 19.0. The van der Waals surface area contributed by atoms with Gasteiger partial charge in [0.2, 0.25) is 0 Å². The highest BCUT2D eigenvalue weighted by Crippen LogP contribution is 2.46. The number of hydrogen-bond acceptors (Lipinski definition) is 7. The topological polar surface area (TPSA) is 125 Å². The second-order valence-corrected chi connectivity index (χ2v) is 16.2. The number of anilines is 4. The number of nitrogens with zero attached hydrogens (tertiary/aromatic N) is 2. The van der Waals surface area contributed by atoms with Crippen LogP contribution in [-0.2, 0) is 19.0 Å². The third kappa shape index (κ3) is 8.39. The first-order chi connectivity index (χ1) is 27.5. The van der Waals surface area contributed by atoms with E-state index in [0.717, 1.165) is 63.4 Å². The molecule has 2 aliphatic rings. The number of nitrogens with one attached hydrogen (secondary N) is 4. The Morgan fingerprint density at radius 1 is 0.707 bits per heavy atom. The van der Waals surface area contributed by atoms with Crippen molar-refractivity contribution in [3.63, 3.8) is 0 Å². The molecule has 0 atom stereocenters. The summed E-state index contributed by atoms with van der Waals surface area (Å²) < 4.78 is 58.9. The van der Waals surface area contributed by atoms with Crippen LogP contribution in [0, 0.1) is 16.6 Å². The molecule has 0 spiro atoms. The van der Waals surface area contributed by atoms with Crippen molar-refractivity contribution in [2.45, 2.75) is 66.5 Å². The number of aromatic amines is 2. The zero-order chi connectivity index (χ0) is 41.4. The standard InChI is InChI=1S/C23H25N3O2.C22H19F4N3O/c1-4-28-19-8-6-5-7-16(19)25-22-20-17(13-23(2,3)14-18(20)27)26-21(22)15-9-11-24-12-10-15;1-21(2)10-16-18(17(30)11-21)20(19(29-16)12-5-7-27-8-6-12)28-13-3-4-15(23)14(9-13)22(24,25)26/h5-12,25-26H,4,13-14H2,1-3H3;3-9,28-29H,10-11H2,1-2H3. The summed E-state index contributed by atoms with van der Waals surface area (Å²) in [6.45, 7) is 10.8. The fraction of sp³-hybridized carbons (Fsp3) is 0.289. The SMILES string of the molecule is CC1(C)CC(=O)c2c([nH]c(-c3ccncc3)c2Nc2ccc(F)c(C(F)(F)F)c2)C1.CCOc1ccccc1Nc1c(-c2ccncc2)[nH]c2c1C(=O)CC(C)(C)C2. The van der Waals surface area contributed by atoms with Crippen LogP contribution >= 0.6 is 0 Å². The highest BCUT2D eigenvalue weighted by atomic mass is 19.4. The van der Waals surface area contributed by atoms with Crippen LogP contribution in [0.5, 0.6) is 5.75 Å². The number of fused-ring (bicyclic) bond motifs is 2. The van der Waals surface area contributed by atoms with Crippen molar-refractivity contribution >= 4 is 34.3 Å². The van der Waals surface area contributed by atoms with E-state index in [1.165, 1.54) is 6.07 Å². The zero-order valence-corrected chi connectivity index (χ0v) is 32.8. The summed E-state index contributed by atoms with van der Waals surface area (Å²) in [5.74, 6) is -0.516. The van der Waals surface area contributed by atoms with Crippen molar-refractivity contribution in [1.82, 2.24) is 19.9 Å². The van der Waals surface area contributed by atoms with Crippen molar-refractivity contribution in [1.29, 1.82) is 0 Å². The summed E-state index contributed by atoms with van der Waals surface area (Å²) in [5, 5.41) is 6.43. The predicted octanol–water partition coefficient (Wildman–Crippen LogP) is 11.5. The lowest BCUT2D eigenvalue weighted by molar-refractivity contribution is -0.139. The number of carbonyl (C=O) groups is 2. The van der Waals surface area contributed by atoms with Crippen LogP contribution in [0.4, 0.5) is 40.3 Å². The molecule has 6 aromatic rings. The number of ether oxygens (including phenoxy) is 1. The molecule has 4 N–H and O–H groups in total. The number of para-hydroxylation sites is 2. The van der Waals surface area contributed by atoms with Gasteiger partial charge in [-0.05, 0) is 85.2 Å². The Balaban J connectivity index is 0.000000177. The summed E-state index contributed by atoms with van der Waals surface area (Å²) in [6, 6.07) is 17.9. The van der Waals surface area contributed by atoms with E-state index in [1.807, 2.05) is 57.2 Å². The number of ketones is 2. The number of hydrogen-bond donors (Lipinski definition) is 4. The van der Waals surface area contributed by atoms with E-state index in [1.54, 1.807) is 36.9 Å². The van der Waals surface area contributed by atoms with Crippen molar-refractivity contribution in [2.75, 3.05) is 17.2 Å². The van der Waals surface area contributed by atoms with Crippen molar-refractivity contribution < 1.29 is 31.9 Å². The van der Waals surface area contributed by atoms with Crippen LogP contribution in [0.15, 0.2) is 91.5 Å². The van der Waals surface area contributed by atoms with Crippen LogP contribution in [0.3, 0.4) is 0 Å². The molecule has 13 heteroatoms. The number of Topliss-reactive ketones (excluding diaryl/α,β-unsaturated/α-hetero) is 2. The molecule has 8 rings (SSSR count). The second kappa shape index (κ2) is 15.6. The van der Waals surface area contributed by atoms with E-state index >= 15 is 0 Å². The largest absolute Gasteiger partial charge is 0.492 e. The van der Waals surface area contributed by atoms with Gasteiger partial charge in [-0.15, -0.1) is 0 Å². The number of alkyl halides is 3.